The molecule has 2 amide bonds. The molecule has 4 aliphatic rings. The van der Waals surface area contributed by atoms with Crippen molar-refractivity contribution in [1.82, 2.24) is 9.88 Å². The summed E-state index contributed by atoms with van der Waals surface area (Å²) in [7, 11) is 0. The van der Waals surface area contributed by atoms with Gasteiger partial charge in [0.2, 0.25) is 11.6 Å². The minimum Gasteiger partial charge on any atom is -0.368 e. The summed E-state index contributed by atoms with van der Waals surface area (Å²) in [6, 6.07) is 7.92. The number of allylic oxidation sites excluding steroid dienone is 1. The van der Waals surface area contributed by atoms with Crippen molar-refractivity contribution < 1.29 is 32.1 Å². The molecule has 3 aliphatic heterocycles. The maximum absolute atomic E-state index is 13.1. The standard InChI is InChI=1S/C28H27F3N8O3/c29-28(30,31)19-6-9-35-22(14-19)36-25(40)18-4-2-17(3-5-18)24-37-23(20-15-34-10-12-39(20,24)33)21-16-38(11-13-42-21)26(41)27(32)7-1-8-27/h2-6,9-10,12,14-15,21H,1,7-8,11,13,16,32-33H2/p+1/t21-,39?/m1/s1. The molecule has 1 unspecified atom stereocenters. The molecule has 11 nitrogen and oxygen atoms in total. The van der Waals surface area contributed by atoms with Gasteiger partial charge in [-0.05, 0) is 55.7 Å². The normalized spacial score (nSPS) is 24.6. The summed E-state index contributed by atoms with van der Waals surface area (Å²) in [6.07, 6.45) is 2.94. The number of amides is 2. The van der Waals surface area contributed by atoms with Gasteiger partial charge in [-0.3, -0.25) is 14.6 Å². The molecule has 42 heavy (non-hydrogen) atoms. The number of hydrogen-bond donors (Lipinski definition) is 3. The van der Waals surface area contributed by atoms with Crippen molar-refractivity contribution >= 4 is 29.7 Å². The van der Waals surface area contributed by atoms with E-state index in [1.165, 1.54) is 12.1 Å². The van der Waals surface area contributed by atoms with Gasteiger partial charge in [0.05, 0.1) is 42.2 Å². The zero-order chi connectivity index (χ0) is 29.7. The Morgan fingerprint density at radius 2 is 1.93 bits per heavy atom. The number of pyridine rings is 1. The SMILES string of the molecule is NC1(C(=O)N2CCO[C@@H](C3=C4C=NC=C[N+]4(N)C(c4ccc(C(=O)Nc5cc(C(F)(F)F)ccn5)cc4)=N3)C2)CCC1. The molecule has 1 saturated heterocycles. The van der Waals surface area contributed by atoms with Gasteiger partial charge in [-0.15, -0.1) is 4.59 Å². The van der Waals surface area contributed by atoms with Crippen LogP contribution in [-0.2, 0) is 15.7 Å². The van der Waals surface area contributed by atoms with E-state index in [1.807, 2.05) is 0 Å². The van der Waals surface area contributed by atoms with E-state index in [-0.39, 0.29) is 28.4 Å². The van der Waals surface area contributed by atoms with Gasteiger partial charge in [-0.2, -0.15) is 24.0 Å². The highest BCUT2D eigenvalue weighted by Crippen LogP contribution is 2.36. The van der Waals surface area contributed by atoms with Crippen molar-refractivity contribution in [1.29, 1.82) is 0 Å². The van der Waals surface area contributed by atoms with Crippen molar-refractivity contribution in [2.24, 2.45) is 21.6 Å². The first kappa shape index (κ1) is 27.9. The number of benzene rings is 1. The number of halogens is 3. The molecule has 6 rings (SSSR count). The number of aliphatic imine (C=N–C) groups is 2. The van der Waals surface area contributed by atoms with E-state index in [4.69, 9.17) is 21.3 Å². The van der Waals surface area contributed by atoms with Crippen LogP contribution in [0.25, 0.3) is 0 Å². The Morgan fingerprint density at radius 3 is 2.62 bits per heavy atom. The molecule has 0 radical (unpaired) electrons. The van der Waals surface area contributed by atoms with E-state index in [0.717, 1.165) is 24.8 Å². The lowest BCUT2D eigenvalue weighted by Crippen LogP contribution is -2.62. The minimum absolute atomic E-state index is 0.0882. The first-order chi connectivity index (χ1) is 20.0. The minimum atomic E-state index is -4.56. The van der Waals surface area contributed by atoms with Crippen LogP contribution in [0.5, 0.6) is 0 Å². The number of alkyl halides is 3. The van der Waals surface area contributed by atoms with Crippen LogP contribution in [0.2, 0.25) is 0 Å². The average Bonchev–Trinajstić information content (AvgIpc) is 3.28. The van der Waals surface area contributed by atoms with Crippen molar-refractivity contribution in [3.63, 3.8) is 0 Å². The number of ether oxygens (including phenoxy) is 1. The van der Waals surface area contributed by atoms with Gasteiger partial charge in [0.1, 0.15) is 23.8 Å². The van der Waals surface area contributed by atoms with Crippen LogP contribution < -0.4 is 16.9 Å². The van der Waals surface area contributed by atoms with Gasteiger partial charge < -0.3 is 20.7 Å². The molecule has 2 atom stereocenters. The highest BCUT2D eigenvalue weighted by Gasteiger charge is 2.49. The number of nitrogens with one attached hydrogen (secondary N) is 1. The third-order valence-corrected chi connectivity index (χ3v) is 7.89. The largest absolute Gasteiger partial charge is 0.416 e. The number of carbonyl (C=O) groups is 2. The summed E-state index contributed by atoms with van der Waals surface area (Å²) >= 11 is 0. The Kier molecular flexibility index (Phi) is 6.80. The lowest BCUT2D eigenvalue weighted by Gasteiger charge is -2.42. The van der Waals surface area contributed by atoms with Gasteiger partial charge in [0.25, 0.3) is 11.7 Å². The first-order valence-corrected chi connectivity index (χ1v) is 13.4. The van der Waals surface area contributed by atoms with Crippen LogP contribution in [-0.4, -0.2) is 69.7 Å². The van der Waals surface area contributed by atoms with Gasteiger partial charge >= 0.3 is 6.18 Å². The zero-order valence-electron chi connectivity index (χ0n) is 22.3. The first-order valence-electron chi connectivity index (χ1n) is 13.4. The van der Waals surface area contributed by atoms with Crippen LogP contribution in [0.4, 0.5) is 19.0 Å². The molecule has 2 aromatic rings. The summed E-state index contributed by atoms with van der Waals surface area (Å²) in [6.45, 7) is 1.02. The number of nitrogens with two attached hydrogens (primary N) is 2. The Morgan fingerprint density at radius 1 is 1.17 bits per heavy atom. The number of nitrogens with zero attached hydrogens (tertiary/aromatic N) is 5. The molecule has 1 aromatic carbocycles. The van der Waals surface area contributed by atoms with E-state index in [0.29, 0.717) is 48.8 Å². The molecule has 4 heterocycles. The number of quaternary nitrogens is 1. The Bertz CT molecular complexity index is 1560. The summed E-state index contributed by atoms with van der Waals surface area (Å²) in [5.74, 6) is 6.31. The number of anilines is 1. The third-order valence-electron chi connectivity index (χ3n) is 7.89. The lowest BCUT2D eigenvalue weighted by molar-refractivity contribution is -0.750. The van der Waals surface area contributed by atoms with Gasteiger partial charge in [-0.1, -0.05) is 0 Å². The molecule has 218 valence electrons. The summed E-state index contributed by atoms with van der Waals surface area (Å²) in [5, 5.41) is 2.39. The van der Waals surface area contributed by atoms with Crippen LogP contribution in [0.3, 0.4) is 0 Å². The second kappa shape index (κ2) is 10.2. The number of aromatic nitrogens is 1. The number of carbonyl (C=O) groups excluding carboxylic acids is 2. The van der Waals surface area contributed by atoms with Gasteiger partial charge in [0, 0.05) is 18.3 Å². The fraction of sp³-hybridized carbons (Fsp3) is 0.321. The van der Waals surface area contributed by atoms with Crippen LogP contribution in [0.1, 0.15) is 40.7 Å². The third kappa shape index (κ3) is 4.91. The van der Waals surface area contributed by atoms with Gasteiger partial charge in [0.15, 0.2) is 0 Å². The van der Waals surface area contributed by atoms with E-state index in [2.05, 4.69) is 15.3 Å². The lowest BCUT2D eigenvalue weighted by atomic mass is 9.76. The average molecular weight is 582 g/mol. The van der Waals surface area contributed by atoms with Crippen molar-refractivity contribution in [2.75, 3.05) is 25.0 Å². The fourth-order valence-electron chi connectivity index (χ4n) is 5.36. The van der Waals surface area contributed by atoms with Crippen molar-refractivity contribution in [3.8, 4) is 0 Å². The molecule has 2 fully saturated rings. The quantitative estimate of drug-likeness (QED) is 0.365. The van der Waals surface area contributed by atoms with Crippen LogP contribution in [0, 0.1) is 0 Å². The number of morpholine rings is 1. The predicted octanol–water partition coefficient (Wildman–Crippen LogP) is 2.68. The Hall–Kier alpha value is -4.24. The van der Waals surface area contributed by atoms with E-state index < -0.39 is 29.3 Å². The molecule has 5 N–H and O–H groups in total. The number of hydrogen-bond acceptors (Lipinski definition) is 8. The maximum Gasteiger partial charge on any atom is 0.416 e. The molecule has 0 spiro atoms. The molecule has 1 saturated carbocycles. The van der Waals surface area contributed by atoms with Crippen LogP contribution >= 0.6 is 0 Å². The topological polar surface area (TPSA) is 148 Å². The number of amidine groups is 1. The summed E-state index contributed by atoms with van der Waals surface area (Å²) in [4.78, 5) is 40.5. The second-order valence-corrected chi connectivity index (χ2v) is 10.6. The predicted molar refractivity (Wildman–Crippen MR) is 146 cm³/mol. The van der Waals surface area contributed by atoms with E-state index in [9.17, 15) is 22.8 Å². The van der Waals surface area contributed by atoms with E-state index in [1.54, 1.807) is 35.6 Å². The smallest absolute Gasteiger partial charge is 0.368 e. The Labute approximate surface area is 238 Å². The highest BCUT2D eigenvalue weighted by atomic mass is 19.4. The van der Waals surface area contributed by atoms with Crippen molar-refractivity contribution in [3.05, 3.63) is 83.1 Å². The highest BCUT2D eigenvalue weighted by molar-refractivity contribution is 6.05. The molecule has 14 heteroatoms. The monoisotopic (exact) mass is 581 g/mol. The molecule has 1 aliphatic carbocycles. The fourth-order valence-corrected chi connectivity index (χ4v) is 5.36. The van der Waals surface area contributed by atoms with Crippen molar-refractivity contribution in [2.45, 2.75) is 37.1 Å². The maximum atomic E-state index is 13.1. The Balaban J connectivity index is 1.23. The molecule has 1 aromatic heterocycles. The van der Waals surface area contributed by atoms with Crippen LogP contribution in [0.15, 0.2) is 76.4 Å². The second-order valence-electron chi connectivity index (χ2n) is 10.6. The number of fused-ring (bicyclic) bond motifs is 1. The van der Waals surface area contributed by atoms with E-state index >= 15 is 0 Å². The zero-order valence-corrected chi connectivity index (χ0v) is 22.3. The molecular weight excluding hydrogens is 553 g/mol. The molecule has 0 bridgehead atoms. The number of rotatable bonds is 5. The van der Waals surface area contributed by atoms with Gasteiger partial charge in [-0.25, -0.2) is 4.98 Å². The summed E-state index contributed by atoms with van der Waals surface area (Å²) in [5.41, 5.74) is 6.46. The summed E-state index contributed by atoms with van der Waals surface area (Å²) < 4.78 is 44.8. The molecular formula is C28H28F3N8O3+.